The molecule has 0 amide bonds. The summed E-state index contributed by atoms with van der Waals surface area (Å²) in [5, 5.41) is 4.70. The standard InChI is InChI=1S/C30H37N3O4/c1-7-8-9-10-14-26(31-37-21(2)34)28(35)25-20-33(27-15-12-11-13-24(25)27)23-18-16-22(17-19-23)29(36)30(3,4)32(5)6/h11-13,15-20H,7-10,14H2,1-6H3/b31-26+. The van der Waals surface area contributed by atoms with Crippen LogP contribution in [0.3, 0.4) is 0 Å². The van der Waals surface area contributed by atoms with Crippen molar-refractivity contribution in [1.82, 2.24) is 9.47 Å². The number of fused-ring (bicyclic) bond motifs is 1. The van der Waals surface area contributed by atoms with Crippen molar-refractivity contribution in [2.75, 3.05) is 14.1 Å². The van der Waals surface area contributed by atoms with Gasteiger partial charge in [-0.25, -0.2) is 4.79 Å². The normalized spacial score (nSPS) is 12.2. The summed E-state index contributed by atoms with van der Waals surface area (Å²) in [6, 6.07) is 15.1. The first-order chi connectivity index (χ1) is 17.6. The molecule has 0 aliphatic rings. The van der Waals surface area contributed by atoms with Gasteiger partial charge in [0.1, 0.15) is 5.71 Å². The number of likely N-dealkylation sites (N-methyl/N-ethyl adjacent to an activating group) is 1. The highest BCUT2D eigenvalue weighted by Gasteiger charge is 2.30. The van der Waals surface area contributed by atoms with Crippen molar-refractivity contribution < 1.29 is 19.2 Å². The Hall–Kier alpha value is -3.58. The van der Waals surface area contributed by atoms with Gasteiger partial charge in [-0.2, -0.15) is 0 Å². The molecule has 0 atom stereocenters. The number of Topliss-reactive ketones (excluding diaryl/α,β-unsaturated/α-hetero) is 2. The average Bonchev–Trinajstić information content (AvgIpc) is 3.27. The second kappa shape index (κ2) is 12.1. The lowest BCUT2D eigenvalue weighted by Crippen LogP contribution is -2.45. The fourth-order valence-electron chi connectivity index (χ4n) is 4.10. The number of hydrogen-bond acceptors (Lipinski definition) is 6. The molecule has 0 aliphatic heterocycles. The first-order valence-corrected chi connectivity index (χ1v) is 12.8. The Labute approximate surface area is 219 Å². The molecule has 0 saturated carbocycles. The predicted molar refractivity (Wildman–Crippen MR) is 148 cm³/mol. The molecule has 3 rings (SSSR count). The largest absolute Gasteiger partial charge is 0.331 e. The summed E-state index contributed by atoms with van der Waals surface area (Å²) in [6.07, 6.45) is 6.14. The molecule has 0 unspecified atom stereocenters. The molecule has 2 aromatic carbocycles. The molecular formula is C30H37N3O4. The number of oxime groups is 1. The van der Waals surface area contributed by atoms with Crippen LogP contribution in [0.4, 0.5) is 0 Å². The highest BCUT2D eigenvalue weighted by atomic mass is 16.7. The summed E-state index contributed by atoms with van der Waals surface area (Å²) in [4.78, 5) is 44.8. The summed E-state index contributed by atoms with van der Waals surface area (Å²) >= 11 is 0. The Kier molecular flexibility index (Phi) is 9.16. The van der Waals surface area contributed by atoms with Crippen LogP contribution in [-0.4, -0.2) is 52.3 Å². The van der Waals surface area contributed by atoms with Gasteiger partial charge in [-0.15, -0.1) is 0 Å². The molecule has 0 aliphatic carbocycles. The third-order valence-electron chi connectivity index (χ3n) is 6.85. The first-order valence-electron chi connectivity index (χ1n) is 12.8. The summed E-state index contributed by atoms with van der Waals surface area (Å²) in [5.41, 5.74) is 2.41. The molecule has 37 heavy (non-hydrogen) atoms. The number of hydrogen-bond donors (Lipinski definition) is 0. The van der Waals surface area contributed by atoms with Gasteiger partial charge in [-0.1, -0.05) is 49.5 Å². The fourth-order valence-corrected chi connectivity index (χ4v) is 4.10. The third kappa shape index (κ3) is 6.41. The Bertz CT molecular complexity index is 1300. The lowest BCUT2D eigenvalue weighted by atomic mass is 9.92. The number of benzene rings is 2. The minimum Gasteiger partial charge on any atom is -0.318 e. The van der Waals surface area contributed by atoms with Crippen LogP contribution in [-0.2, 0) is 9.63 Å². The fraction of sp³-hybridized carbons (Fsp3) is 0.400. The van der Waals surface area contributed by atoms with Gasteiger partial charge < -0.3 is 9.40 Å². The van der Waals surface area contributed by atoms with E-state index >= 15 is 0 Å². The Morgan fingerprint density at radius 3 is 2.27 bits per heavy atom. The van der Waals surface area contributed by atoms with Crippen molar-refractivity contribution in [3.05, 3.63) is 65.9 Å². The number of para-hydroxylation sites is 1. The Balaban J connectivity index is 1.99. The van der Waals surface area contributed by atoms with E-state index < -0.39 is 11.5 Å². The van der Waals surface area contributed by atoms with E-state index in [9.17, 15) is 14.4 Å². The van der Waals surface area contributed by atoms with Crippen LogP contribution in [0.2, 0.25) is 0 Å². The molecule has 0 N–H and O–H groups in total. The van der Waals surface area contributed by atoms with Crippen molar-refractivity contribution in [1.29, 1.82) is 0 Å². The molecule has 1 aromatic heterocycles. The molecule has 0 bridgehead atoms. The van der Waals surface area contributed by atoms with Crippen molar-refractivity contribution >= 4 is 34.2 Å². The lowest BCUT2D eigenvalue weighted by Gasteiger charge is -2.30. The van der Waals surface area contributed by atoms with Gasteiger partial charge in [0.2, 0.25) is 5.78 Å². The summed E-state index contributed by atoms with van der Waals surface area (Å²) in [6.45, 7) is 7.19. The van der Waals surface area contributed by atoms with E-state index in [-0.39, 0.29) is 17.3 Å². The summed E-state index contributed by atoms with van der Waals surface area (Å²) in [5.74, 6) is -0.785. The Morgan fingerprint density at radius 1 is 0.973 bits per heavy atom. The molecule has 3 aromatic rings. The van der Waals surface area contributed by atoms with Crippen LogP contribution < -0.4 is 0 Å². The molecule has 7 heteroatoms. The van der Waals surface area contributed by atoms with Gasteiger partial charge in [-0.05, 0) is 71.1 Å². The number of nitrogens with zero attached hydrogens (tertiary/aromatic N) is 3. The van der Waals surface area contributed by atoms with Crippen LogP contribution in [0.1, 0.15) is 80.5 Å². The van der Waals surface area contributed by atoms with E-state index in [1.807, 2.05) is 85.9 Å². The average molecular weight is 504 g/mol. The highest BCUT2D eigenvalue weighted by Crippen LogP contribution is 2.27. The third-order valence-corrected chi connectivity index (χ3v) is 6.85. The second-order valence-electron chi connectivity index (χ2n) is 10.0. The van der Waals surface area contributed by atoms with Gasteiger partial charge >= 0.3 is 5.97 Å². The SMILES string of the molecule is CCCCCC/C(=N\OC(C)=O)C(=O)c1cn(-c2ccc(C(=O)C(C)(C)N(C)C)cc2)c2ccccc12. The van der Waals surface area contributed by atoms with Crippen LogP contribution >= 0.6 is 0 Å². The number of carbonyl (C=O) groups excluding carboxylic acids is 3. The molecule has 0 saturated heterocycles. The zero-order chi connectivity index (χ0) is 27.2. The van der Waals surface area contributed by atoms with E-state index in [0.717, 1.165) is 42.3 Å². The zero-order valence-electron chi connectivity index (χ0n) is 22.7. The molecule has 0 radical (unpaired) electrons. The second-order valence-corrected chi connectivity index (χ2v) is 10.0. The van der Waals surface area contributed by atoms with Gasteiger partial charge in [0.25, 0.3) is 0 Å². The first kappa shape index (κ1) is 28.0. The topological polar surface area (TPSA) is 81.0 Å². The predicted octanol–water partition coefficient (Wildman–Crippen LogP) is 6.23. The maximum Gasteiger partial charge on any atom is 0.331 e. The molecule has 0 fully saturated rings. The van der Waals surface area contributed by atoms with Crippen molar-refractivity contribution in [3.63, 3.8) is 0 Å². The van der Waals surface area contributed by atoms with Gasteiger partial charge in [-0.3, -0.25) is 14.5 Å². The van der Waals surface area contributed by atoms with E-state index in [1.165, 1.54) is 6.92 Å². The van der Waals surface area contributed by atoms with Gasteiger partial charge in [0.15, 0.2) is 5.78 Å². The van der Waals surface area contributed by atoms with Crippen LogP contribution in [0.25, 0.3) is 16.6 Å². The number of unbranched alkanes of at least 4 members (excludes halogenated alkanes) is 3. The van der Waals surface area contributed by atoms with E-state index in [1.54, 1.807) is 6.20 Å². The molecular weight excluding hydrogens is 466 g/mol. The van der Waals surface area contributed by atoms with Crippen molar-refractivity contribution in [3.8, 4) is 5.69 Å². The lowest BCUT2D eigenvalue weighted by molar-refractivity contribution is -0.140. The highest BCUT2D eigenvalue weighted by molar-refractivity contribution is 6.47. The van der Waals surface area contributed by atoms with Crippen molar-refractivity contribution in [2.45, 2.75) is 65.3 Å². The molecule has 0 spiro atoms. The van der Waals surface area contributed by atoms with E-state index in [2.05, 4.69) is 12.1 Å². The number of ketones is 2. The minimum atomic E-state index is -0.629. The number of rotatable bonds is 12. The van der Waals surface area contributed by atoms with Crippen LogP contribution in [0.5, 0.6) is 0 Å². The van der Waals surface area contributed by atoms with Gasteiger partial charge in [0.05, 0.1) is 11.1 Å². The molecule has 1 heterocycles. The number of aromatic nitrogens is 1. The van der Waals surface area contributed by atoms with E-state index in [0.29, 0.717) is 17.5 Å². The van der Waals surface area contributed by atoms with Crippen molar-refractivity contribution in [2.24, 2.45) is 5.16 Å². The minimum absolute atomic E-state index is 0.0340. The molecule has 7 nitrogen and oxygen atoms in total. The number of carbonyl (C=O) groups is 3. The maximum atomic E-state index is 13.6. The zero-order valence-corrected chi connectivity index (χ0v) is 22.7. The van der Waals surface area contributed by atoms with Crippen LogP contribution in [0.15, 0.2) is 59.9 Å². The van der Waals surface area contributed by atoms with Gasteiger partial charge in [0, 0.05) is 35.3 Å². The monoisotopic (exact) mass is 503 g/mol. The van der Waals surface area contributed by atoms with Crippen LogP contribution in [0, 0.1) is 0 Å². The quantitative estimate of drug-likeness (QED) is 0.0963. The Morgan fingerprint density at radius 2 is 1.65 bits per heavy atom. The van der Waals surface area contributed by atoms with E-state index in [4.69, 9.17) is 4.84 Å². The maximum absolute atomic E-state index is 13.6. The molecule has 196 valence electrons. The smallest absolute Gasteiger partial charge is 0.318 e. The summed E-state index contributed by atoms with van der Waals surface area (Å²) in [7, 11) is 3.78. The summed E-state index contributed by atoms with van der Waals surface area (Å²) < 4.78 is 1.94.